The number of nitrogens with one attached hydrogen (secondary N) is 1. The third-order valence-corrected chi connectivity index (χ3v) is 2.48. The Morgan fingerprint density at radius 3 is 2.80 bits per heavy atom. The number of nitrogens with zero attached hydrogens (tertiary/aromatic N) is 2. The van der Waals surface area contributed by atoms with Crippen LogP contribution in [0.15, 0.2) is 24.4 Å². The molecule has 1 aromatic rings. The Balaban J connectivity index is 2.58. The van der Waals surface area contributed by atoms with Crippen molar-refractivity contribution in [1.82, 2.24) is 15.2 Å². The van der Waals surface area contributed by atoms with Crippen LogP contribution < -0.4 is 5.32 Å². The second-order valence-corrected chi connectivity index (χ2v) is 3.56. The van der Waals surface area contributed by atoms with Gasteiger partial charge in [-0.2, -0.15) is 0 Å². The van der Waals surface area contributed by atoms with Gasteiger partial charge in [-0.25, -0.2) is 0 Å². The number of hydrogen-bond donors (Lipinski definition) is 1. The molecule has 0 aliphatic heterocycles. The van der Waals surface area contributed by atoms with Crippen molar-refractivity contribution >= 4 is 17.3 Å². The third-order valence-electron chi connectivity index (χ3n) is 2.08. The number of hydrogen-bond acceptors (Lipinski definition) is 2. The fourth-order valence-electron chi connectivity index (χ4n) is 1.28. The van der Waals surface area contributed by atoms with Crippen molar-refractivity contribution in [2.45, 2.75) is 20.4 Å². The van der Waals surface area contributed by atoms with Crippen LogP contribution in [0.25, 0.3) is 0 Å². The molecule has 4 heteroatoms. The van der Waals surface area contributed by atoms with Gasteiger partial charge >= 0.3 is 0 Å². The van der Waals surface area contributed by atoms with Gasteiger partial charge in [-0.3, -0.25) is 4.98 Å². The molecule has 0 unspecified atom stereocenters. The Morgan fingerprint density at radius 1 is 1.47 bits per heavy atom. The summed E-state index contributed by atoms with van der Waals surface area (Å²) < 4.78 is 0. The summed E-state index contributed by atoms with van der Waals surface area (Å²) in [5, 5.41) is 3.94. The Bertz CT molecular complexity index is 300. The average Bonchev–Trinajstić information content (AvgIpc) is 2.27. The average molecular weight is 223 g/mol. The van der Waals surface area contributed by atoms with E-state index in [9.17, 15) is 0 Å². The lowest BCUT2D eigenvalue weighted by atomic mass is 10.3. The second kappa shape index (κ2) is 6.35. The van der Waals surface area contributed by atoms with Gasteiger partial charge in [0.25, 0.3) is 0 Å². The summed E-state index contributed by atoms with van der Waals surface area (Å²) in [7, 11) is 0. The maximum Gasteiger partial charge on any atom is 0.169 e. The summed E-state index contributed by atoms with van der Waals surface area (Å²) in [6.07, 6.45) is 1.81. The highest BCUT2D eigenvalue weighted by molar-refractivity contribution is 7.80. The first-order valence-electron chi connectivity index (χ1n) is 5.20. The molecule has 1 N–H and O–H groups in total. The van der Waals surface area contributed by atoms with E-state index in [1.54, 1.807) is 6.20 Å². The SMILES string of the molecule is CCNC(=S)N(CC)Cc1ccccn1. The van der Waals surface area contributed by atoms with E-state index in [1.807, 2.05) is 25.1 Å². The number of thiocarbonyl (C=S) groups is 1. The first kappa shape index (κ1) is 11.9. The Labute approximate surface area is 96.5 Å². The summed E-state index contributed by atoms with van der Waals surface area (Å²) in [6, 6.07) is 5.92. The molecule has 0 aromatic carbocycles. The predicted molar refractivity (Wildman–Crippen MR) is 66.6 cm³/mol. The molecule has 1 heterocycles. The number of pyridine rings is 1. The van der Waals surface area contributed by atoms with Crippen LogP contribution in [0.2, 0.25) is 0 Å². The minimum absolute atomic E-state index is 0.767. The highest BCUT2D eigenvalue weighted by Gasteiger charge is 2.07. The molecule has 0 saturated heterocycles. The summed E-state index contributed by atoms with van der Waals surface area (Å²) in [4.78, 5) is 6.38. The van der Waals surface area contributed by atoms with E-state index >= 15 is 0 Å². The minimum Gasteiger partial charge on any atom is -0.363 e. The zero-order chi connectivity index (χ0) is 11.1. The van der Waals surface area contributed by atoms with Crippen molar-refractivity contribution in [3.8, 4) is 0 Å². The van der Waals surface area contributed by atoms with Crippen molar-refractivity contribution in [2.24, 2.45) is 0 Å². The Hall–Kier alpha value is -1.16. The van der Waals surface area contributed by atoms with E-state index in [0.717, 1.165) is 30.4 Å². The first-order chi connectivity index (χ1) is 7.27. The van der Waals surface area contributed by atoms with Gasteiger partial charge in [0.05, 0.1) is 12.2 Å². The van der Waals surface area contributed by atoms with E-state index in [2.05, 4.69) is 22.1 Å². The Morgan fingerprint density at radius 2 is 2.27 bits per heavy atom. The molecular formula is C11H17N3S. The van der Waals surface area contributed by atoms with Crippen molar-refractivity contribution < 1.29 is 0 Å². The first-order valence-corrected chi connectivity index (χ1v) is 5.61. The maximum absolute atomic E-state index is 5.26. The van der Waals surface area contributed by atoms with Crippen LogP contribution in [0.3, 0.4) is 0 Å². The van der Waals surface area contributed by atoms with E-state index in [4.69, 9.17) is 12.2 Å². The van der Waals surface area contributed by atoms with E-state index < -0.39 is 0 Å². The van der Waals surface area contributed by atoms with Crippen molar-refractivity contribution in [3.05, 3.63) is 30.1 Å². The highest BCUT2D eigenvalue weighted by Crippen LogP contribution is 2.01. The summed E-state index contributed by atoms with van der Waals surface area (Å²) in [6.45, 7) is 6.65. The molecule has 1 aromatic heterocycles. The zero-order valence-electron chi connectivity index (χ0n) is 9.23. The molecule has 0 bridgehead atoms. The lowest BCUT2D eigenvalue weighted by Gasteiger charge is -2.23. The molecular weight excluding hydrogens is 206 g/mol. The molecule has 3 nitrogen and oxygen atoms in total. The fraction of sp³-hybridized carbons (Fsp3) is 0.455. The summed E-state index contributed by atoms with van der Waals surface area (Å²) in [5.41, 5.74) is 1.04. The van der Waals surface area contributed by atoms with Gasteiger partial charge in [0.1, 0.15) is 0 Å². The van der Waals surface area contributed by atoms with Gasteiger partial charge in [0, 0.05) is 19.3 Å². The van der Waals surface area contributed by atoms with Crippen LogP contribution in [0.4, 0.5) is 0 Å². The van der Waals surface area contributed by atoms with Gasteiger partial charge in [-0.05, 0) is 38.2 Å². The molecule has 0 spiro atoms. The lowest BCUT2D eigenvalue weighted by Crippen LogP contribution is -2.39. The molecule has 1 rings (SSSR count). The molecule has 0 aliphatic rings. The fourth-order valence-corrected chi connectivity index (χ4v) is 1.62. The minimum atomic E-state index is 0.767. The van der Waals surface area contributed by atoms with Crippen molar-refractivity contribution in [2.75, 3.05) is 13.1 Å². The van der Waals surface area contributed by atoms with Gasteiger partial charge < -0.3 is 10.2 Å². The van der Waals surface area contributed by atoms with Crippen LogP contribution in [0.1, 0.15) is 19.5 Å². The second-order valence-electron chi connectivity index (χ2n) is 3.17. The molecule has 0 fully saturated rings. The highest BCUT2D eigenvalue weighted by atomic mass is 32.1. The molecule has 0 atom stereocenters. The van der Waals surface area contributed by atoms with Crippen LogP contribution in [-0.4, -0.2) is 28.1 Å². The van der Waals surface area contributed by atoms with Crippen molar-refractivity contribution in [3.63, 3.8) is 0 Å². The maximum atomic E-state index is 5.26. The molecule has 0 aliphatic carbocycles. The van der Waals surface area contributed by atoms with Gasteiger partial charge in [0.2, 0.25) is 0 Å². The Kier molecular flexibility index (Phi) is 5.04. The molecule has 0 saturated carbocycles. The van der Waals surface area contributed by atoms with Gasteiger partial charge in [0.15, 0.2) is 5.11 Å². The number of aromatic nitrogens is 1. The number of rotatable bonds is 4. The van der Waals surface area contributed by atoms with Crippen LogP contribution in [-0.2, 0) is 6.54 Å². The smallest absolute Gasteiger partial charge is 0.169 e. The van der Waals surface area contributed by atoms with E-state index in [1.165, 1.54) is 0 Å². The quantitative estimate of drug-likeness (QED) is 0.788. The predicted octanol–water partition coefficient (Wildman–Crippen LogP) is 1.80. The molecule has 82 valence electrons. The van der Waals surface area contributed by atoms with Crippen molar-refractivity contribution in [1.29, 1.82) is 0 Å². The van der Waals surface area contributed by atoms with Crippen LogP contribution >= 0.6 is 12.2 Å². The topological polar surface area (TPSA) is 28.2 Å². The summed E-state index contributed by atoms with van der Waals surface area (Å²) in [5.74, 6) is 0. The van der Waals surface area contributed by atoms with Gasteiger partial charge in [-0.1, -0.05) is 6.07 Å². The standard InChI is InChI=1S/C11H17N3S/c1-3-12-11(15)14(4-2)9-10-7-5-6-8-13-10/h5-8H,3-4,9H2,1-2H3,(H,12,15). The molecule has 15 heavy (non-hydrogen) atoms. The monoisotopic (exact) mass is 223 g/mol. The van der Waals surface area contributed by atoms with Gasteiger partial charge in [-0.15, -0.1) is 0 Å². The normalized spacial score (nSPS) is 9.73. The third kappa shape index (κ3) is 3.83. The lowest BCUT2D eigenvalue weighted by molar-refractivity contribution is 0.422. The molecule has 0 amide bonds. The van der Waals surface area contributed by atoms with E-state index in [0.29, 0.717) is 0 Å². The molecule has 0 radical (unpaired) electrons. The van der Waals surface area contributed by atoms with Crippen LogP contribution in [0, 0.1) is 0 Å². The zero-order valence-corrected chi connectivity index (χ0v) is 10.0. The largest absolute Gasteiger partial charge is 0.363 e. The van der Waals surface area contributed by atoms with E-state index in [-0.39, 0.29) is 0 Å². The summed E-state index contributed by atoms with van der Waals surface area (Å²) >= 11 is 5.26. The van der Waals surface area contributed by atoms with Crippen LogP contribution in [0.5, 0.6) is 0 Å².